The van der Waals surface area contributed by atoms with Crippen molar-refractivity contribution in [3.05, 3.63) is 222 Å². The van der Waals surface area contributed by atoms with E-state index >= 15 is 0 Å². The van der Waals surface area contributed by atoms with Crippen molar-refractivity contribution in [1.82, 2.24) is 30.2 Å². The number of benzene rings is 8. The van der Waals surface area contributed by atoms with Gasteiger partial charge in [-0.05, 0) is 123 Å². The summed E-state index contributed by atoms with van der Waals surface area (Å²) >= 11 is 5.69. The van der Waals surface area contributed by atoms with E-state index in [4.69, 9.17) is 86.6 Å². The molecule has 612 valence electrons. The molecule has 0 saturated carbocycles. The van der Waals surface area contributed by atoms with Gasteiger partial charge in [-0.3, -0.25) is 4.55 Å². The zero-order chi connectivity index (χ0) is 82.4. The summed E-state index contributed by atoms with van der Waals surface area (Å²) in [4.78, 5) is 32.7. The molecule has 8 aromatic carbocycles. The smallest absolute Gasteiger partial charge is 0.407 e. The van der Waals surface area contributed by atoms with E-state index in [0.717, 1.165) is 39.2 Å². The van der Waals surface area contributed by atoms with E-state index in [0.29, 0.717) is 164 Å². The van der Waals surface area contributed by atoms with Gasteiger partial charge in [0.2, 0.25) is 0 Å². The molecule has 0 radical (unpaired) electrons. The molecule has 0 bridgehead atoms. The zero-order valence-corrected chi connectivity index (χ0v) is 66.1. The number of carbonyl (C=O) groups excluding carboxylic acids is 1. The third-order valence-electron chi connectivity index (χ3n) is 15.2. The summed E-state index contributed by atoms with van der Waals surface area (Å²) in [6.45, 7) is 13.0. The molecule has 1 amide bonds. The molecule has 5 aromatic heterocycles. The number of nitrogens with zero attached hydrogens (tertiary/aromatic N) is 5. The van der Waals surface area contributed by atoms with Crippen molar-refractivity contribution in [2.75, 3.05) is 129 Å². The Morgan fingerprint density at radius 3 is 1.22 bits per heavy atom. The maximum Gasteiger partial charge on any atom is 0.407 e. The summed E-state index contributed by atoms with van der Waals surface area (Å²) in [5.41, 5.74) is 15.2. The fourth-order valence-corrected chi connectivity index (χ4v) is 10.2. The number of alkyl carbamates (subject to hydrolysis) is 1. The van der Waals surface area contributed by atoms with Gasteiger partial charge in [0.1, 0.15) is 88.4 Å². The molecule has 0 fully saturated rings. The predicted octanol–water partition coefficient (Wildman–Crippen LogP) is 16.1. The lowest BCUT2D eigenvalue weighted by molar-refractivity contribution is 0.0531. The maximum atomic E-state index is 13.1. The Bertz CT molecular complexity index is 5280. The first-order valence-corrected chi connectivity index (χ1v) is 37.5. The van der Waals surface area contributed by atoms with Crippen LogP contribution in [0.3, 0.4) is 0 Å². The van der Waals surface area contributed by atoms with E-state index in [2.05, 4.69) is 51.5 Å². The summed E-state index contributed by atoms with van der Waals surface area (Å²) in [5, 5.41) is 23.9. The fourth-order valence-electron chi connectivity index (χ4n) is 9.51. The number of phenolic OH excluding ortho intramolecular Hbond substituents is 1. The van der Waals surface area contributed by atoms with E-state index in [1.165, 1.54) is 18.2 Å². The van der Waals surface area contributed by atoms with Gasteiger partial charge in [0.25, 0.3) is 39.5 Å². The van der Waals surface area contributed by atoms with Crippen LogP contribution in [0.4, 0.5) is 37.6 Å². The van der Waals surface area contributed by atoms with E-state index in [1.807, 2.05) is 97.9 Å². The van der Waals surface area contributed by atoms with Crippen molar-refractivity contribution in [2.45, 2.75) is 51.4 Å². The van der Waals surface area contributed by atoms with E-state index in [-0.39, 0.29) is 47.9 Å². The lowest BCUT2D eigenvalue weighted by Crippen LogP contribution is -2.34. The molecule has 0 unspecified atom stereocenters. The Morgan fingerprint density at radius 2 is 0.852 bits per heavy atom. The van der Waals surface area contributed by atoms with Gasteiger partial charge in [-0.1, -0.05) is 78.4 Å². The van der Waals surface area contributed by atoms with Crippen LogP contribution in [0.15, 0.2) is 227 Å². The van der Waals surface area contributed by atoms with Crippen LogP contribution >= 0.6 is 11.6 Å². The first-order valence-electron chi connectivity index (χ1n) is 35.7. The number of rotatable bonds is 32. The van der Waals surface area contributed by atoms with Crippen LogP contribution in [0.5, 0.6) is 28.7 Å². The number of methoxy groups -OCH3 is 4. The Kier molecular flexibility index (Phi) is 35.5. The second kappa shape index (κ2) is 46.2. The number of ether oxygens (including phenoxy) is 9. The number of carbonyl (C=O) groups is 1. The number of nitrogens with one attached hydrogen (secondary N) is 5. The van der Waals surface area contributed by atoms with Gasteiger partial charge in [-0.2, -0.15) is 33.3 Å². The van der Waals surface area contributed by atoms with E-state index in [9.17, 15) is 27.1 Å². The second-order valence-corrected chi connectivity index (χ2v) is 27.1. The predicted molar refractivity (Wildman–Crippen MR) is 433 cm³/mol. The summed E-state index contributed by atoms with van der Waals surface area (Å²) in [6, 6.07) is 54.0. The van der Waals surface area contributed by atoms with Crippen LogP contribution in [0, 0.1) is 6.92 Å². The second-order valence-electron chi connectivity index (χ2n) is 25.4. The lowest BCUT2D eigenvalue weighted by atomic mass is 10.2. The first-order chi connectivity index (χ1) is 55.5. The van der Waals surface area contributed by atoms with Crippen LogP contribution in [-0.2, 0) is 47.0 Å². The number of aryl methyl sites for hydroxylation is 1. The monoisotopic (exact) mass is 1630 g/mol. The number of anilines is 4. The van der Waals surface area contributed by atoms with Crippen molar-refractivity contribution in [2.24, 2.45) is 5.73 Å². The minimum absolute atomic E-state index is 0.0243. The van der Waals surface area contributed by atoms with Crippen molar-refractivity contribution >= 4 is 107 Å². The molecular weight excluding hydrogens is 1540 g/mol. The van der Waals surface area contributed by atoms with Crippen LogP contribution < -0.4 is 51.3 Å². The molecule has 0 atom stereocenters. The van der Waals surface area contributed by atoms with Gasteiger partial charge < -0.3 is 102 Å². The highest BCUT2D eigenvalue weighted by Gasteiger charge is 2.18. The van der Waals surface area contributed by atoms with Gasteiger partial charge >= 0.3 is 6.09 Å². The molecule has 13 rings (SSSR count). The third-order valence-corrected chi connectivity index (χ3v) is 16.2. The molecule has 0 aliphatic carbocycles. The largest absolute Gasteiger partial charge is 0.508 e. The fraction of sp³-hybridized carbons (Fsp3) is 0.284. The summed E-state index contributed by atoms with van der Waals surface area (Å²) < 4.78 is 130. The number of hydrogen-bond donors (Lipinski definition) is 8. The molecule has 5 heterocycles. The average molecular weight is 1630 g/mol. The highest BCUT2D eigenvalue weighted by molar-refractivity contribution is 7.85. The molecule has 34 heteroatoms. The highest BCUT2D eigenvalue weighted by Crippen LogP contribution is 2.29. The molecule has 0 aliphatic rings. The average Bonchev–Trinajstić information content (AvgIpc) is 1.26. The summed E-state index contributed by atoms with van der Waals surface area (Å²) in [7, 11) is 2.50. The summed E-state index contributed by atoms with van der Waals surface area (Å²) in [6.07, 6.45) is 0.246. The standard InChI is InChI=1S/C19H26FN3O5.C17H18N2O3.C14H10ClNO2.C14H18FN3O3.C10H12N2O3.C7H8O3S/c1-19(2,3)28-18(24)22-11-13(10-20)12-26-14-5-6-15-16(9-14)27-17(23-15)21-7-8-25-4;1-20-10-9-18-17-19-15-8-7-14(11-16(15)22-17)21-12-13-5-3-2-4-6-13;15-14-16-12-7-6-11(8-13(12)18-14)17-9-10-4-2-1-3-5-10;1-19-5-4-17-14-18-12-3-2-11(6-13(12)21-14)20-9-10(7-15)8-16;1-14-5-4-11-10-12-8-3-2-7(13)6-9(8)15-10;1-6-2-4-7(5-3-6)11(8,9)10/h5-6,9-10H,7-8,11-12H2,1-4H3,(H,21,23)(H,22,24);2-8,11H,9-10,12H2,1H3,(H,18,19);1-8H,9H2;2-3,6-7H,4-5,8-9,16H2,1H3,(H,17,18);2-3,6,13H,4-5H2,1H3,(H,11,12);2-5H,1H3,(H,8,9,10)/b13-10-;;;10-7-;;. The van der Waals surface area contributed by atoms with E-state index in [1.54, 1.807) is 116 Å². The summed E-state index contributed by atoms with van der Waals surface area (Å²) in [5.74, 6) is 2.72. The molecule has 0 aliphatic heterocycles. The Morgan fingerprint density at radius 1 is 0.496 bits per heavy atom. The number of nitrogens with two attached hydrogens (primary N) is 1. The Labute approximate surface area is 667 Å². The molecule has 30 nitrogen and oxygen atoms in total. The van der Waals surface area contributed by atoms with E-state index < -0.39 is 21.8 Å². The number of oxazole rings is 5. The number of amides is 1. The molecule has 0 saturated heterocycles. The van der Waals surface area contributed by atoms with Gasteiger partial charge in [-0.15, -0.1) is 0 Å². The number of hydrogen-bond acceptors (Lipinski definition) is 28. The number of aromatic hydroxyl groups is 1. The Hall–Kier alpha value is -12.1. The van der Waals surface area contributed by atoms with Crippen molar-refractivity contribution in [1.29, 1.82) is 0 Å². The number of aromatic nitrogens is 5. The van der Waals surface area contributed by atoms with Crippen molar-refractivity contribution < 1.29 is 96.4 Å². The third kappa shape index (κ3) is 31.1. The maximum absolute atomic E-state index is 13.1. The topological polar surface area (TPSA) is 391 Å². The van der Waals surface area contributed by atoms with Gasteiger partial charge in [-0.25, -0.2) is 13.6 Å². The number of phenols is 1. The van der Waals surface area contributed by atoms with Gasteiger partial charge in [0, 0.05) is 109 Å². The van der Waals surface area contributed by atoms with Crippen LogP contribution in [0.25, 0.3) is 55.5 Å². The Balaban J connectivity index is 0.000000176. The number of halogens is 3. The van der Waals surface area contributed by atoms with Crippen LogP contribution in [0.1, 0.15) is 37.5 Å². The molecular formula is C81H92ClF2N11O19S. The van der Waals surface area contributed by atoms with Crippen molar-refractivity contribution in [3.8, 4) is 28.7 Å². The van der Waals surface area contributed by atoms with Crippen LogP contribution in [-0.4, -0.2) is 162 Å². The molecule has 13 aromatic rings. The normalized spacial score (nSPS) is 11.3. The molecule has 115 heavy (non-hydrogen) atoms. The van der Waals surface area contributed by atoms with Gasteiger partial charge in [0.05, 0.1) is 44.0 Å². The highest BCUT2D eigenvalue weighted by atomic mass is 35.5. The molecule has 9 N–H and O–H groups in total. The van der Waals surface area contributed by atoms with Crippen LogP contribution in [0.2, 0.25) is 5.35 Å². The van der Waals surface area contributed by atoms with Crippen molar-refractivity contribution in [3.63, 3.8) is 0 Å². The lowest BCUT2D eigenvalue weighted by Gasteiger charge is -2.20. The number of fused-ring (bicyclic) bond motifs is 5. The minimum Gasteiger partial charge on any atom is -0.508 e. The minimum atomic E-state index is -4.02. The quantitative estimate of drug-likeness (QED) is 0.0143. The first kappa shape index (κ1) is 88.5. The molecule has 0 spiro atoms. The SMILES string of the molecule is COCCNc1nc2ccc(O)cc2o1.COCCNc1nc2ccc(OC/C(=C\F)CN)cc2o1.COCCNc1nc2ccc(OC/C(=C\F)CNC(=O)OC(C)(C)C)cc2o1.COCCNc1nc2ccc(OCc3ccccc3)cc2o1.Cc1ccc(S(=O)(=O)O)cc1.Clc1nc2ccc(OCc3ccccc3)cc2o1. The zero-order valence-electron chi connectivity index (χ0n) is 64.5. The van der Waals surface area contributed by atoms with Gasteiger partial charge in [0.15, 0.2) is 27.9 Å².